The standard InChI is InChI=1S/C20H19BrN2O4S/c1-2-26-19(25)13-23-16-9-8-14(21)12-17(16)28-20(23)22-18(24)10-11-27-15-6-4-3-5-7-15/h3-9,12H,2,10-11,13H2,1H3. The van der Waals surface area contributed by atoms with Crippen molar-refractivity contribution in [2.45, 2.75) is 19.9 Å². The molecule has 28 heavy (non-hydrogen) atoms. The molecule has 0 spiro atoms. The van der Waals surface area contributed by atoms with Crippen molar-refractivity contribution >= 4 is 49.4 Å². The molecule has 0 aliphatic heterocycles. The van der Waals surface area contributed by atoms with E-state index in [4.69, 9.17) is 9.47 Å². The average molecular weight is 463 g/mol. The zero-order chi connectivity index (χ0) is 19.9. The van der Waals surface area contributed by atoms with E-state index in [9.17, 15) is 9.59 Å². The van der Waals surface area contributed by atoms with Gasteiger partial charge in [-0.1, -0.05) is 45.5 Å². The van der Waals surface area contributed by atoms with Gasteiger partial charge in [-0.2, -0.15) is 4.99 Å². The van der Waals surface area contributed by atoms with Crippen molar-refractivity contribution < 1.29 is 19.1 Å². The molecule has 0 saturated carbocycles. The Bertz CT molecular complexity index is 1040. The van der Waals surface area contributed by atoms with Crippen molar-refractivity contribution in [1.82, 2.24) is 4.57 Å². The Morgan fingerprint density at radius 2 is 1.96 bits per heavy atom. The lowest BCUT2D eigenvalue weighted by Gasteiger charge is -2.05. The normalized spacial score (nSPS) is 11.6. The highest BCUT2D eigenvalue weighted by molar-refractivity contribution is 9.10. The fourth-order valence-corrected chi connectivity index (χ4v) is 4.15. The van der Waals surface area contributed by atoms with E-state index in [1.807, 2.05) is 48.5 Å². The summed E-state index contributed by atoms with van der Waals surface area (Å²) in [6, 6.07) is 15.0. The molecule has 1 amide bonds. The van der Waals surface area contributed by atoms with E-state index in [0.29, 0.717) is 17.2 Å². The molecule has 3 rings (SSSR count). The number of aromatic nitrogens is 1. The third-order valence-electron chi connectivity index (χ3n) is 3.79. The number of para-hydroxylation sites is 1. The van der Waals surface area contributed by atoms with Gasteiger partial charge in [-0.3, -0.25) is 9.59 Å². The SMILES string of the molecule is CCOC(=O)Cn1c(=NC(=O)CCOc2ccccc2)sc2cc(Br)ccc21. The van der Waals surface area contributed by atoms with E-state index in [1.165, 1.54) is 11.3 Å². The van der Waals surface area contributed by atoms with Crippen molar-refractivity contribution in [3.05, 3.63) is 57.8 Å². The Morgan fingerprint density at radius 3 is 2.71 bits per heavy atom. The molecular formula is C20H19BrN2O4S. The quantitative estimate of drug-likeness (QED) is 0.498. The zero-order valence-corrected chi connectivity index (χ0v) is 17.7. The molecule has 0 fully saturated rings. The Kier molecular flexibility index (Phi) is 7.00. The number of amides is 1. The number of benzene rings is 2. The first-order valence-electron chi connectivity index (χ1n) is 8.76. The molecule has 0 unspecified atom stereocenters. The van der Waals surface area contributed by atoms with Crippen LogP contribution in [-0.2, 0) is 20.9 Å². The lowest BCUT2D eigenvalue weighted by atomic mass is 10.3. The highest BCUT2D eigenvalue weighted by Gasteiger charge is 2.12. The molecule has 0 N–H and O–H groups in total. The number of rotatable bonds is 7. The summed E-state index contributed by atoms with van der Waals surface area (Å²) in [5, 5.41) is 0. The van der Waals surface area contributed by atoms with Crippen molar-refractivity contribution in [2.75, 3.05) is 13.2 Å². The largest absolute Gasteiger partial charge is 0.493 e. The minimum Gasteiger partial charge on any atom is -0.493 e. The summed E-state index contributed by atoms with van der Waals surface area (Å²) in [6.45, 7) is 2.30. The van der Waals surface area contributed by atoms with Crippen LogP contribution in [0.3, 0.4) is 0 Å². The number of esters is 1. The molecule has 0 atom stereocenters. The van der Waals surface area contributed by atoms with Gasteiger partial charge in [0.25, 0.3) is 5.91 Å². The molecule has 0 saturated heterocycles. The number of thiazole rings is 1. The van der Waals surface area contributed by atoms with E-state index in [-0.39, 0.29) is 31.4 Å². The summed E-state index contributed by atoms with van der Waals surface area (Å²) in [6.07, 6.45) is 0.145. The molecular weight excluding hydrogens is 444 g/mol. The van der Waals surface area contributed by atoms with Crippen LogP contribution in [0.5, 0.6) is 5.75 Å². The first-order valence-corrected chi connectivity index (χ1v) is 10.4. The second-order valence-corrected chi connectivity index (χ2v) is 7.73. The van der Waals surface area contributed by atoms with Crippen LogP contribution >= 0.6 is 27.3 Å². The number of hydrogen-bond acceptors (Lipinski definition) is 5. The van der Waals surface area contributed by atoms with Crippen LogP contribution in [0.15, 0.2) is 58.0 Å². The number of nitrogens with zero attached hydrogens (tertiary/aromatic N) is 2. The van der Waals surface area contributed by atoms with Crippen LogP contribution < -0.4 is 9.54 Å². The maximum atomic E-state index is 12.3. The Labute approximate surface area is 174 Å². The predicted molar refractivity (Wildman–Crippen MR) is 111 cm³/mol. The number of fused-ring (bicyclic) bond motifs is 1. The predicted octanol–water partition coefficient (Wildman–Crippen LogP) is 3.92. The van der Waals surface area contributed by atoms with E-state index < -0.39 is 0 Å². The van der Waals surface area contributed by atoms with Gasteiger partial charge in [-0.25, -0.2) is 0 Å². The van der Waals surface area contributed by atoms with E-state index in [2.05, 4.69) is 20.9 Å². The monoisotopic (exact) mass is 462 g/mol. The summed E-state index contributed by atoms with van der Waals surface area (Å²) in [4.78, 5) is 29.0. The highest BCUT2D eigenvalue weighted by atomic mass is 79.9. The maximum absolute atomic E-state index is 12.3. The van der Waals surface area contributed by atoms with Gasteiger partial charge in [0.05, 0.1) is 29.9 Å². The van der Waals surface area contributed by atoms with Crippen LogP contribution in [0.25, 0.3) is 10.2 Å². The fourth-order valence-electron chi connectivity index (χ4n) is 2.56. The van der Waals surface area contributed by atoms with Gasteiger partial charge in [-0.15, -0.1) is 0 Å². The summed E-state index contributed by atoms with van der Waals surface area (Å²) >= 11 is 4.79. The van der Waals surface area contributed by atoms with Crippen molar-refractivity contribution in [1.29, 1.82) is 0 Å². The molecule has 8 heteroatoms. The van der Waals surface area contributed by atoms with Crippen LogP contribution in [0.4, 0.5) is 0 Å². The number of hydrogen-bond donors (Lipinski definition) is 0. The van der Waals surface area contributed by atoms with Crippen molar-refractivity contribution in [3.63, 3.8) is 0 Å². The lowest BCUT2D eigenvalue weighted by molar-refractivity contribution is -0.143. The highest BCUT2D eigenvalue weighted by Crippen LogP contribution is 2.22. The number of carbonyl (C=O) groups is 2. The summed E-state index contributed by atoms with van der Waals surface area (Å²) in [5.74, 6) is 0.0324. The van der Waals surface area contributed by atoms with Crippen LogP contribution in [0.1, 0.15) is 13.3 Å². The van der Waals surface area contributed by atoms with Crippen molar-refractivity contribution in [2.24, 2.45) is 4.99 Å². The first kappa shape index (κ1) is 20.3. The summed E-state index contributed by atoms with van der Waals surface area (Å²) in [7, 11) is 0. The molecule has 0 bridgehead atoms. The summed E-state index contributed by atoms with van der Waals surface area (Å²) in [5.41, 5.74) is 0.827. The zero-order valence-electron chi connectivity index (χ0n) is 15.3. The van der Waals surface area contributed by atoms with Gasteiger partial charge < -0.3 is 14.0 Å². The van der Waals surface area contributed by atoms with Gasteiger partial charge in [0.2, 0.25) is 0 Å². The minimum absolute atomic E-state index is 0.00208. The molecule has 6 nitrogen and oxygen atoms in total. The fraction of sp³-hybridized carbons (Fsp3) is 0.250. The van der Waals surface area contributed by atoms with E-state index >= 15 is 0 Å². The Hall–Kier alpha value is -2.45. The Morgan fingerprint density at radius 1 is 1.18 bits per heavy atom. The van der Waals surface area contributed by atoms with Crippen LogP contribution in [0.2, 0.25) is 0 Å². The van der Waals surface area contributed by atoms with E-state index in [1.54, 1.807) is 11.5 Å². The lowest BCUT2D eigenvalue weighted by Crippen LogP contribution is -2.23. The molecule has 0 radical (unpaired) electrons. The second kappa shape index (κ2) is 9.66. The smallest absolute Gasteiger partial charge is 0.326 e. The maximum Gasteiger partial charge on any atom is 0.326 e. The first-order chi connectivity index (χ1) is 13.6. The number of ether oxygens (including phenoxy) is 2. The molecule has 3 aromatic rings. The topological polar surface area (TPSA) is 69.9 Å². The van der Waals surface area contributed by atoms with Gasteiger partial charge in [0.15, 0.2) is 4.80 Å². The molecule has 146 valence electrons. The number of halogens is 1. The van der Waals surface area contributed by atoms with Gasteiger partial charge in [-0.05, 0) is 37.3 Å². The third-order valence-corrected chi connectivity index (χ3v) is 5.32. The summed E-state index contributed by atoms with van der Waals surface area (Å²) < 4.78 is 14.1. The number of carbonyl (C=O) groups excluding carboxylic acids is 2. The Balaban J connectivity index is 1.81. The van der Waals surface area contributed by atoms with Crippen LogP contribution in [0, 0.1) is 0 Å². The minimum atomic E-state index is -0.369. The van der Waals surface area contributed by atoms with E-state index in [0.717, 1.165) is 14.7 Å². The van der Waals surface area contributed by atoms with Crippen LogP contribution in [-0.4, -0.2) is 29.7 Å². The van der Waals surface area contributed by atoms with Gasteiger partial charge in [0.1, 0.15) is 12.3 Å². The molecule has 0 aliphatic carbocycles. The van der Waals surface area contributed by atoms with Gasteiger partial charge >= 0.3 is 5.97 Å². The molecule has 1 heterocycles. The second-order valence-electron chi connectivity index (χ2n) is 5.80. The molecule has 0 aliphatic rings. The third kappa shape index (κ3) is 5.30. The van der Waals surface area contributed by atoms with Crippen molar-refractivity contribution in [3.8, 4) is 5.75 Å². The average Bonchev–Trinajstić information content (AvgIpc) is 2.98. The molecule has 1 aromatic heterocycles. The molecule has 2 aromatic carbocycles. The van der Waals surface area contributed by atoms with Gasteiger partial charge in [0, 0.05) is 4.47 Å².